The summed E-state index contributed by atoms with van der Waals surface area (Å²) in [7, 11) is 0. The van der Waals surface area contributed by atoms with E-state index in [1.54, 1.807) is 4.57 Å². The van der Waals surface area contributed by atoms with Crippen LogP contribution in [0.15, 0.2) is 114 Å². The van der Waals surface area contributed by atoms with Crippen LogP contribution in [0.2, 0.25) is 0 Å². The van der Waals surface area contributed by atoms with Crippen LogP contribution < -0.4 is 5.56 Å². The lowest BCUT2D eigenvalue weighted by Gasteiger charge is -2.18. The average Bonchev–Trinajstić information content (AvgIpc) is 3.30. The van der Waals surface area contributed by atoms with E-state index >= 15 is 0 Å². The largest absolute Gasteiger partial charge is 0.306 e. The molecule has 0 amide bonds. The Balaban J connectivity index is 1.58. The maximum Gasteiger partial charge on any atom is 0.269 e. The van der Waals surface area contributed by atoms with Gasteiger partial charge in [-0.1, -0.05) is 109 Å². The molecule has 0 aliphatic heterocycles. The van der Waals surface area contributed by atoms with Crippen molar-refractivity contribution >= 4 is 0 Å². The lowest BCUT2D eigenvalue weighted by molar-refractivity contribution is 0.720. The Labute approximate surface area is 204 Å². The molecular formula is C32H22N2O. The van der Waals surface area contributed by atoms with Gasteiger partial charge in [0.2, 0.25) is 0 Å². The van der Waals surface area contributed by atoms with Crippen molar-refractivity contribution < 1.29 is 0 Å². The molecule has 3 nitrogen and oxygen atoms in total. The Hall–Kier alpha value is -4.68. The molecule has 0 radical (unpaired) electrons. The molecule has 0 atom stereocenters. The van der Waals surface area contributed by atoms with Crippen LogP contribution in [-0.2, 0) is 13.0 Å². The molecule has 0 unspecified atom stereocenters. The summed E-state index contributed by atoms with van der Waals surface area (Å²) in [5.41, 5.74) is 9.12. The summed E-state index contributed by atoms with van der Waals surface area (Å²) in [5, 5.41) is 10.2. The molecule has 0 N–H and O–H groups in total. The predicted octanol–water partition coefficient (Wildman–Crippen LogP) is 6.67. The first-order valence-corrected chi connectivity index (χ1v) is 11.7. The van der Waals surface area contributed by atoms with Gasteiger partial charge in [0.05, 0.1) is 6.54 Å². The number of pyridine rings is 1. The molecule has 1 aromatic heterocycles. The third-order valence-corrected chi connectivity index (χ3v) is 6.79. The second-order valence-corrected chi connectivity index (χ2v) is 8.84. The fourth-order valence-corrected chi connectivity index (χ4v) is 5.13. The lowest BCUT2D eigenvalue weighted by atomic mass is 9.91. The fraction of sp³-hybridized carbons (Fsp3) is 0.0625. The van der Waals surface area contributed by atoms with E-state index in [-0.39, 0.29) is 11.1 Å². The van der Waals surface area contributed by atoms with Gasteiger partial charge in [0.25, 0.3) is 5.56 Å². The van der Waals surface area contributed by atoms with Gasteiger partial charge in [0.1, 0.15) is 11.6 Å². The second-order valence-electron chi connectivity index (χ2n) is 8.84. The summed E-state index contributed by atoms with van der Waals surface area (Å²) in [6.07, 6.45) is 0.675. The van der Waals surface area contributed by atoms with E-state index in [2.05, 4.69) is 42.5 Å². The number of hydrogen-bond acceptors (Lipinski definition) is 2. The number of nitriles is 1. The summed E-state index contributed by atoms with van der Waals surface area (Å²) >= 11 is 0. The standard InChI is InChI=1S/C32H22N2O/c33-20-28-30(25-17-15-24(16-18-25)23-11-5-2-6-12-23)31-27-14-8-7-13-26(27)19-29(31)34(32(28)35)21-22-9-3-1-4-10-22/h1-18H,19,21H2. The topological polar surface area (TPSA) is 45.8 Å². The number of aromatic nitrogens is 1. The average molecular weight is 451 g/mol. The zero-order chi connectivity index (χ0) is 23.8. The summed E-state index contributed by atoms with van der Waals surface area (Å²) in [6, 6.07) is 38.9. The van der Waals surface area contributed by atoms with Crippen molar-refractivity contribution in [3.63, 3.8) is 0 Å². The summed E-state index contributed by atoms with van der Waals surface area (Å²) in [5.74, 6) is 0. The minimum atomic E-state index is -0.231. The summed E-state index contributed by atoms with van der Waals surface area (Å²) in [6.45, 7) is 0.442. The molecule has 0 fully saturated rings. The van der Waals surface area contributed by atoms with E-state index in [0.717, 1.165) is 44.6 Å². The molecule has 0 saturated carbocycles. The molecule has 0 saturated heterocycles. The molecule has 4 aromatic carbocycles. The van der Waals surface area contributed by atoms with Crippen LogP contribution in [-0.4, -0.2) is 4.57 Å². The highest BCUT2D eigenvalue weighted by atomic mass is 16.1. The zero-order valence-corrected chi connectivity index (χ0v) is 19.1. The molecule has 166 valence electrons. The molecule has 1 aliphatic rings. The SMILES string of the molecule is N#Cc1c(-c2ccc(-c3ccccc3)cc2)c2c(n(Cc3ccccc3)c1=O)Cc1ccccc1-2. The van der Waals surface area contributed by atoms with E-state index in [4.69, 9.17) is 0 Å². The highest BCUT2D eigenvalue weighted by Gasteiger charge is 2.29. The Morgan fingerprint density at radius 3 is 2.00 bits per heavy atom. The van der Waals surface area contributed by atoms with Gasteiger partial charge in [0.15, 0.2) is 0 Å². The Kier molecular flexibility index (Phi) is 5.13. The highest BCUT2D eigenvalue weighted by molar-refractivity contribution is 5.92. The predicted molar refractivity (Wildman–Crippen MR) is 140 cm³/mol. The first kappa shape index (κ1) is 20.9. The number of rotatable bonds is 4. The van der Waals surface area contributed by atoms with Gasteiger partial charge in [-0.2, -0.15) is 5.26 Å². The Bertz CT molecular complexity index is 1640. The molecular weight excluding hydrogens is 428 g/mol. The van der Waals surface area contributed by atoms with Gasteiger partial charge < -0.3 is 4.57 Å². The zero-order valence-electron chi connectivity index (χ0n) is 19.1. The lowest BCUT2D eigenvalue weighted by Crippen LogP contribution is -2.27. The minimum Gasteiger partial charge on any atom is -0.306 e. The molecule has 0 spiro atoms. The van der Waals surface area contributed by atoms with Crippen LogP contribution in [0.3, 0.4) is 0 Å². The number of benzene rings is 4. The highest BCUT2D eigenvalue weighted by Crippen LogP contribution is 2.44. The van der Waals surface area contributed by atoms with Crippen LogP contribution in [0.25, 0.3) is 33.4 Å². The Morgan fingerprint density at radius 1 is 0.686 bits per heavy atom. The smallest absolute Gasteiger partial charge is 0.269 e. The minimum absolute atomic E-state index is 0.198. The van der Waals surface area contributed by atoms with E-state index in [1.807, 2.05) is 72.8 Å². The van der Waals surface area contributed by atoms with Crippen molar-refractivity contribution in [2.24, 2.45) is 0 Å². The molecule has 3 heteroatoms. The maximum absolute atomic E-state index is 13.7. The maximum atomic E-state index is 13.7. The van der Waals surface area contributed by atoms with Gasteiger partial charge in [-0.3, -0.25) is 4.79 Å². The normalized spacial score (nSPS) is 11.5. The Morgan fingerprint density at radius 2 is 1.29 bits per heavy atom. The van der Waals surface area contributed by atoms with E-state index < -0.39 is 0 Å². The van der Waals surface area contributed by atoms with Crippen molar-refractivity contribution in [2.45, 2.75) is 13.0 Å². The van der Waals surface area contributed by atoms with Gasteiger partial charge in [0, 0.05) is 23.2 Å². The van der Waals surface area contributed by atoms with Crippen LogP contribution in [0.4, 0.5) is 0 Å². The van der Waals surface area contributed by atoms with Crippen molar-refractivity contribution in [1.82, 2.24) is 4.57 Å². The molecule has 5 aromatic rings. The summed E-state index contributed by atoms with van der Waals surface area (Å²) in [4.78, 5) is 13.7. The number of nitrogens with zero attached hydrogens (tertiary/aromatic N) is 2. The van der Waals surface area contributed by atoms with Crippen LogP contribution in [0.1, 0.15) is 22.4 Å². The molecule has 0 bridgehead atoms. The summed E-state index contributed by atoms with van der Waals surface area (Å²) < 4.78 is 1.80. The third-order valence-electron chi connectivity index (χ3n) is 6.79. The van der Waals surface area contributed by atoms with Gasteiger partial charge >= 0.3 is 0 Å². The van der Waals surface area contributed by atoms with Crippen molar-refractivity contribution in [1.29, 1.82) is 5.26 Å². The van der Waals surface area contributed by atoms with Crippen molar-refractivity contribution in [3.05, 3.63) is 142 Å². The molecule has 35 heavy (non-hydrogen) atoms. The van der Waals surface area contributed by atoms with E-state index in [0.29, 0.717) is 13.0 Å². The molecule has 6 rings (SSSR count). The fourth-order valence-electron chi connectivity index (χ4n) is 5.13. The number of fused-ring (bicyclic) bond motifs is 3. The second kappa shape index (κ2) is 8.59. The first-order chi connectivity index (χ1) is 17.2. The van der Waals surface area contributed by atoms with Crippen molar-refractivity contribution in [3.8, 4) is 39.4 Å². The van der Waals surface area contributed by atoms with Crippen molar-refractivity contribution in [2.75, 3.05) is 0 Å². The van der Waals surface area contributed by atoms with E-state index in [1.165, 1.54) is 5.56 Å². The van der Waals surface area contributed by atoms with Crippen LogP contribution >= 0.6 is 0 Å². The van der Waals surface area contributed by atoms with E-state index in [9.17, 15) is 10.1 Å². The third kappa shape index (κ3) is 3.57. The van der Waals surface area contributed by atoms with Crippen LogP contribution in [0, 0.1) is 11.3 Å². The van der Waals surface area contributed by atoms with Gasteiger partial charge in [-0.05, 0) is 33.4 Å². The molecule has 1 aliphatic carbocycles. The first-order valence-electron chi connectivity index (χ1n) is 11.7. The quantitative estimate of drug-likeness (QED) is 0.301. The van der Waals surface area contributed by atoms with Crippen LogP contribution in [0.5, 0.6) is 0 Å². The van der Waals surface area contributed by atoms with Gasteiger partial charge in [-0.15, -0.1) is 0 Å². The monoisotopic (exact) mass is 450 g/mol. The van der Waals surface area contributed by atoms with Gasteiger partial charge in [-0.25, -0.2) is 0 Å². The molecule has 1 heterocycles. The number of hydrogen-bond donors (Lipinski definition) is 0.